The number of anilines is 2. The average Bonchev–Trinajstić information content (AvgIpc) is 3.48. The molecule has 2 heterocycles. The third-order valence-electron chi connectivity index (χ3n) is 8.14. The second-order valence-electron chi connectivity index (χ2n) is 12.6. The lowest BCUT2D eigenvalue weighted by molar-refractivity contribution is -0.113. The van der Waals surface area contributed by atoms with Gasteiger partial charge in [0.2, 0.25) is 11.1 Å². The molecule has 5 aromatic rings. The number of aromatic nitrogens is 3. The predicted molar refractivity (Wildman–Crippen MR) is 193 cm³/mol. The first kappa shape index (κ1) is 33.2. The van der Waals surface area contributed by atoms with Crippen LogP contribution in [0.4, 0.5) is 11.6 Å². The molecular formula is C38H38ClN5O3S. The van der Waals surface area contributed by atoms with Gasteiger partial charge in [0.05, 0.1) is 12.7 Å². The number of carbonyl (C=O) groups is 1. The van der Waals surface area contributed by atoms with Crippen LogP contribution >= 0.6 is 23.4 Å². The molecule has 0 saturated heterocycles. The number of ether oxygens (including phenoxy) is 2. The van der Waals surface area contributed by atoms with Crippen LogP contribution in [0.25, 0.3) is 0 Å². The summed E-state index contributed by atoms with van der Waals surface area (Å²) in [7, 11) is 1.61. The standard InChI is InChI=1S/C38H38ClN5O3S/c1-24-33(35(45)41-29-12-7-6-8-13-29)34(44-36(40-24)42-37(43-44)48-23-27-11-9-10-14-30(27)39)26-17-20-31(32(21-26)46-5)47-22-25-15-18-28(19-16-25)38(2,3)4/h6-21,34H,22-23H2,1-5H3,(H,41,45)(H,40,42,43). The molecule has 1 unspecified atom stereocenters. The van der Waals surface area contributed by atoms with Gasteiger partial charge < -0.3 is 20.1 Å². The van der Waals surface area contributed by atoms with E-state index in [0.717, 1.165) is 16.7 Å². The number of hydrogen-bond acceptors (Lipinski definition) is 7. The highest BCUT2D eigenvalue weighted by Gasteiger charge is 2.35. The van der Waals surface area contributed by atoms with Gasteiger partial charge in [-0.2, -0.15) is 4.98 Å². The van der Waals surface area contributed by atoms with Crippen molar-refractivity contribution in [2.24, 2.45) is 0 Å². The quantitative estimate of drug-likeness (QED) is 0.142. The fraction of sp³-hybridized carbons (Fsp3) is 0.237. The van der Waals surface area contributed by atoms with Crippen molar-refractivity contribution in [2.45, 2.75) is 56.7 Å². The molecule has 8 nitrogen and oxygen atoms in total. The number of carbonyl (C=O) groups excluding carboxylic acids is 1. The summed E-state index contributed by atoms with van der Waals surface area (Å²) in [6.07, 6.45) is 0. The van der Waals surface area contributed by atoms with E-state index in [9.17, 15) is 4.79 Å². The number of nitrogens with zero attached hydrogens (tertiary/aromatic N) is 3. The number of fused-ring (bicyclic) bond motifs is 1. The molecular weight excluding hydrogens is 642 g/mol. The number of rotatable bonds is 10. The van der Waals surface area contributed by atoms with Gasteiger partial charge in [0.15, 0.2) is 11.5 Å². The van der Waals surface area contributed by atoms with E-state index in [0.29, 0.717) is 56.9 Å². The minimum Gasteiger partial charge on any atom is -0.493 e. The number of methoxy groups -OCH3 is 1. The molecule has 0 bridgehead atoms. The molecule has 1 amide bonds. The van der Waals surface area contributed by atoms with Crippen LogP contribution in [0.2, 0.25) is 5.02 Å². The van der Waals surface area contributed by atoms with Gasteiger partial charge in [0, 0.05) is 22.2 Å². The van der Waals surface area contributed by atoms with Gasteiger partial charge in [-0.15, -0.1) is 5.10 Å². The summed E-state index contributed by atoms with van der Waals surface area (Å²) in [4.78, 5) is 18.7. The smallest absolute Gasteiger partial charge is 0.255 e. The molecule has 0 radical (unpaired) electrons. The average molecular weight is 680 g/mol. The molecule has 0 fully saturated rings. The van der Waals surface area contributed by atoms with Crippen molar-refractivity contribution in [3.8, 4) is 11.5 Å². The van der Waals surface area contributed by atoms with E-state index in [1.54, 1.807) is 11.8 Å². The molecule has 1 aromatic heterocycles. The van der Waals surface area contributed by atoms with Crippen molar-refractivity contribution in [1.82, 2.24) is 14.8 Å². The number of amides is 1. The third-order valence-corrected chi connectivity index (χ3v) is 9.40. The summed E-state index contributed by atoms with van der Waals surface area (Å²) in [5.74, 6) is 2.03. The maximum absolute atomic E-state index is 13.9. The Morgan fingerprint density at radius 3 is 2.42 bits per heavy atom. The molecule has 0 aliphatic carbocycles. The number of hydrogen-bond donors (Lipinski definition) is 2. The highest BCUT2D eigenvalue weighted by molar-refractivity contribution is 7.98. The Kier molecular flexibility index (Phi) is 9.80. The van der Waals surface area contributed by atoms with Crippen LogP contribution in [-0.4, -0.2) is 27.8 Å². The van der Waals surface area contributed by atoms with Gasteiger partial charge in [-0.25, -0.2) is 4.68 Å². The van der Waals surface area contributed by atoms with Gasteiger partial charge >= 0.3 is 0 Å². The Bertz CT molecular complexity index is 1950. The SMILES string of the molecule is COc1cc(C2C(C(=O)Nc3ccccc3)=C(C)Nc3nc(SCc4ccccc4Cl)nn32)ccc1OCc1ccc(C(C)(C)C)cc1. The second-order valence-corrected chi connectivity index (χ2v) is 13.9. The van der Waals surface area contributed by atoms with E-state index in [2.05, 4.69) is 55.7 Å². The fourth-order valence-corrected chi connectivity index (χ4v) is 6.62. The zero-order chi connectivity index (χ0) is 33.8. The monoisotopic (exact) mass is 679 g/mol. The number of benzene rings is 4. The van der Waals surface area contributed by atoms with E-state index >= 15 is 0 Å². The normalized spacial score (nSPS) is 14.2. The minimum atomic E-state index is -0.597. The summed E-state index contributed by atoms with van der Waals surface area (Å²) >= 11 is 7.89. The minimum absolute atomic E-state index is 0.0791. The third kappa shape index (κ3) is 7.37. The van der Waals surface area contributed by atoms with Gasteiger partial charge in [-0.3, -0.25) is 4.79 Å². The molecule has 6 rings (SSSR count). The summed E-state index contributed by atoms with van der Waals surface area (Å²) in [6.45, 7) is 8.85. The topological polar surface area (TPSA) is 90.3 Å². The molecule has 0 saturated carbocycles. The van der Waals surface area contributed by atoms with Crippen LogP contribution < -0.4 is 20.1 Å². The molecule has 48 heavy (non-hydrogen) atoms. The maximum Gasteiger partial charge on any atom is 0.255 e. The Labute approximate surface area is 290 Å². The number of para-hydroxylation sites is 1. The summed E-state index contributed by atoms with van der Waals surface area (Å²) < 4.78 is 13.8. The molecule has 4 aromatic carbocycles. The Balaban J connectivity index is 1.31. The van der Waals surface area contributed by atoms with E-state index in [1.165, 1.54) is 17.3 Å². The lowest BCUT2D eigenvalue weighted by atomic mass is 9.87. The van der Waals surface area contributed by atoms with E-state index in [1.807, 2.05) is 79.7 Å². The predicted octanol–water partition coefficient (Wildman–Crippen LogP) is 9.04. The molecule has 0 spiro atoms. The van der Waals surface area contributed by atoms with Crippen LogP contribution in [0.3, 0.4) is 0 Å². The molecule has 1 aliphatic rings. The Morgan fingerprint density at radius 1 is 0.979 bits per heavy atom. The number of halogens is 1. The van der Waals surface area contributed by atoms with E-state index < -0.39 is 6.04 Å². The molecule has 1 aliphatic heterocycles. The first-order chi connectivity index (χ1) is 23.1. The van der Waals surface area contributed by atoms with Crippen LogP contribution in [0, 0.1) is 0 Å². The zero-order valence-electron chi connectivity index (χ0n) is 27.6. The van der Waals surface area contributed by atoms with E-state index in [-0.39, 0.29) is 11.3 Å². The van der Waals surface area contributed by atoms with Crippen LogP contribution in [-0.2, 0) is 22.6 Å². The van der Waals surface area contributed by atoms with Crippen molar-refractivity contribution >= 4 is 40.9 Å². The number of thioether (sulfide) groups is 1. The Hall–Kier alpha value is -4.73. The lowest BCUT2D eigenvalue weighted by Gasteiger charge is -2.29. The molecule has 246 valence electrons. The first-order valence-corrected chi connectivity index (χ1v) is 17.0. The van der Waals surface area contributed by atoms with Gasteiger partial charge in [0.25, 0.3) is 5.91 Å². The van der Waals surface area contributed by atoms with Crippen molar-refractivity contribution in [1.29, 1.82) is 0 Å². The fourth-order valence-electron chi connectivity index (χ4n) is 5.51. The Morgan fingerprint density at radius 2 is 1.71 bits per heavy atom. The van der Waals surface area contributed by atoms with E-state index in [4.69, 9.17) is 31.2 Å². The van der Waals surface area contributed by atoms with Gasteiger partial charge in [-0.05, 0) is 64.9 Å². The largest absolute Gasteiger partial charge is 0.493 e. The highest BCUT2D eigenvalue weighted by Crippen LogP contribution is 2.40. The van der Waals surface area contributed by atoms with Crippen LogP contribution in [0.5, 0.6) is 11.5 Å². The zero-order valence-corrected chi connectivity index (χ0v) is 29.2. The van der Waals surface area contributed by atoms with Crippen molar-refractivity contribution in [3.63, 3.8) is 0 Å². The summed E-state index contributed by atoms with van der Waals surface area (Å²) in [6, 6.07) is 30.7. The van der Waals surface area contributed by atoms with Gasteiger partial charge in [0.1, 0.15) is 12.6 Å². The van der Waals surface area contributed by atoms with Crippen molar-refractivity contribution < 1.29 is 14.3 Å². The van der Waals surface area contributed by atoms with Crippen molar-refractivity contribution in [3.05, 3.63) is 136 Å². The molecule has 1 atom stereocenters. The van der Waals surface area contributed by atoms with Crippen LogP contribution in [0.1, 0.15) is 56.0 Å². The summed E-state index contributed by atoms with van der Waals surface area (Å²) in [5.41, 5.74) is 6.06. The highest BCUT2D eigenvalue weighted by atomic mass is 35.5. The lowest BCUT2D eigenvalue weighted by Crippen LogP contribution is -2.31. The van der Waals surface area contributed by atoms with Crippen LogP contribution in [0.15, 0.2) is 113 Å². The molecule has 10 heteroatoms. The number of allylic oxidation sites excluding steroid dienone is 1. The maximum atomic E-state index is 13.9. The van der Waals surface area contributed by atoms with Crippen molar-refractivity contribution in [2.75, 3.05) is 17.7 Å². The number of nitrogens with one attached hydrogen (secondary N) is 2. The summed E-state index contributed by atoms with van der Waals surface area (Å²) in [5, 5.41) is 12.5. The molecule has 2 N–H and O–H groups in total. The van der Waals surface area contributed by atoms with Gasteiger partial charge in [-0.1, -0.05) is 111 Å². The first-order valence-electron chi connectivity index (χ1n) is 15.7. The second kappa shape index (κ2) is 14.2.